The van der Waals surface area contributed by atoms with Gasteiger partial charge in [-0.05, 0) is 41.0 Å². The molecule has 2 aromatic carbocycles. The summed E-state index contributed by atoms with van der Waals surface area (Å²) in [6, 6.07) is 18.0. The Labute approximate surface area is 185 Å². The summed E-state index contributed by atoms with van der Waals surface area (Å²) in [7, 11) is 1.60. The first-order valence-corrected chi connectivity index (χ1v) is 10.2. The summed E-state index contributed by atoms with van der Waals surface area (Å²) in [6.45, 7) is 0. The molecule has 3 heterocycles. The van der Waals surface area contributed by atoms with Gasteiger partial charge in [-0.1, -0.05) is 41.9 Å². The van der Waals surface area contributed by atoms with E-state index in [-0.39, 0.29) is 0 Å². The Morgan fingerprint density at radius 2 is 1.81 bits per heavy atom. The van der Waals surface area contributed by atoms with Crippen LogP contribution in [0.25, 0.3) is 11.1 Å². The Morgan fingerprint density at radius 3 is 2.58 bits per heavy atom. The summed E-state index contributed by atoms with van der Waals surface area (Å²) >= 11 is 6.53. The molecule has 31 heavy (non-hydrogen) atoms. The normalized spacial score (nSPS) is 19.8. The summed E-state index contributed by atoms with van der Waals surface area (Å²) in [5.74, 6) is 0.615. The minimum atomic E-state index is -0.732. The molecule has 0 aliphatic carbocycles. The number of fused-ring (bicyclic) bond motifs is 1. The highest BCUT2D eigenvalue weighted by Crippen LogP contribution is 2.46. The molecule has 1 aliphatic rings. The van der Waals surface area contributed by atoms with Crippen molar-refractivity contribution in [2.45, 2.75) is 11.7 Å². The monoisotopic (exact) mass is 429 g/mol. The van der Waals surface area contributed by atoms with Gasteiger partial charge >= 0.3 is 0 Å². The molecule has 0 radical (unpaired) electrons. The van der Waals surface area contributed by atoms with E-state index in [9.17, 15) is 0 Å². The van der Waals surface area contributed by atoms with E-state index >= 15 is 0 Å². The molecule has 2 aromatic heterocycles. The van der Waals surface area contributed by atoms with Crippen LogP contribution in [0.5, 0.6) is 5.75 Å². The minimum absolute atomic E-state index is 0.430. The van der Waals surface area contributed by atoms with Gasteiger partial charge in [-0.2, -0.15) is 0 Å². The van der Waals surface area contributed by atoms with Crippen molar-refractivity contribution in [3.05, 3.63) is 107 Å². The lowest BCUT2D eigenvalue weighted by atomic mass is 9.78. The van der Waals surface area contributed by atoms with E-state index < -0.39 is 11.7 Å². The molecule has 154 valence electrons. The van der Waals surface area contributed by atoms with Crippen LogP contribution in [0.4, 0.5) is 0 Å². The summed E-state index contributed by atoms with van der Waals surface area (Å²) in [4.78, 5) is 12.9. The minimum Gasteiger partial charge on any atom is -0.495 e. The van der Waals surface area contributed by atoms with Crippen molar-refractivity contribution in [1.29, 1.82) is 0 Å². The standard InChI is InChI=1S/C24H20ClN5O/c1-31-21-8-7-18(11-20(21)25)24(19-6-3-9-29-22(19)23(26)30-24)17-5-2-4-15(10-17)16-12-27-14-28-13-16/h2-14,23,30H,26H2,1H3. The van der Waals surface area contributed by atoms with Crippen molar-refractivity contribution >= 4 is 11.6 Å². The fourth-order valence-electron chi connectivity index (χ4n) is 4.29. The summed E-state index contributed by atoms with van der Waals surface area (Å²) in [5.41, 5.74) is 11.4. The third-order valence-corrected chi connectivity index (χ3v) is 5.98. The van der Waals surface area contributed by atoms with Crippen molar-refractivity contribution in [3.63, 3.8) is 0 Å². The molecule has 3 N–H and O–H groups in total. The lowest BCUT2D eigenvalue weighted by Crippen LogP contribution is -2.42. The van der Waals surface area contributed by atoms with E-state index in [0.717, 1.165) is 33.5 Å². The number of rotatable bonds is 4. The molecule has 0 bridgehead atoms. The van der Waals surface area contributed by atoms with Crippen LogP contribution in [0, 0.1) is 0 Å². The van der Waals surface area contributed by atoms with E-state index in [2.05, 4.69) is 38.5 Å². The van der Waals surface area contributed by atoms with Gasteiger partial charge in [-0.15, -0.1) is 0 Å². The van der Waals surface area contributed by atoms with Gasteiger partial charge < -0.3 is 10.5 Å². The van der Waals surface area contributed by atoms with E-state index in [1.807, 2.05) is 36.4 Å². The van der Waals surface area contributed by atoms with Crippen LogP contribution >= 0.6 is 11.6 Å². The van der Waals surface area contributed by atoms with Gasteiger partial charge in [-0.25, -0.2) is 9.97 Å². The van der Waals surface area contributed by atoms with Crippen molar-refractivity contribution < 1.29 is 4.74 Å². The van der Waals surface area contributed by atoms with E-state index in [1.165, 1.54) is 6.33 Å². The highest BCUT2D eigenvalue weighted by atomic mass is 35.5. The lowest BCUT2D eigenvalue weighted by Gasteiger charge is -2.33. The maximum atomic E-state index is 6.53. The van der Waals surface area contributed by atoms with Gasteiger partial charge in [-0.3, -0.25) is 10.3 Å². The van der Waals surface area contributed by atoms with Crippen LogP contribution in [0.1, 0.15) is 28.6 Å². The molecular formula is C24H20ClN5O. The fourth-order valence-corrected chi connectivity index (χ4v) is 4.54. The second-order valence-electron chi connectivity index (χ2n) is 7.37. The molecule has 6 nitrogen and oxygen atoms in total. The number of ether oxygens (including phenoxy) is 1. The first kappa shape index (κ1) is 19.6. The molecule has 0 amide bonds. The number of nitrogens with two attached hydrogens (primary N) is 1. The van der Waals surface area contributed by atoms with Crippen molar-refractivity contribution in [2.24, 2.45) is 5.73 Å². The molecule has 5 rings (SSSR count). The van der Waals surface area contributed by atoms with Gasteiger partial charge in [0, 0.05) is 29.7 Å². The first-order chi connectivity index (χ1) is 15.1. The van der Waals surface area contributed by atoms with E-state index in [0.29, 0.717) is 10.8 Å². The Kier molecular flexibility index (Phi) is 4.90. The zero-order valence-corrected chi connectivity index (χ0v) is 17.5. The van der Waals surface area contributed by atoms with Crippen molar-refractivity contribution in [2.75, 3.05) is 7.11 Å². The van der Waals surface area contributed by atoms with Crippen molar-refractivity contribution in [1.82, 2.24) is 20.3 Å². The fraction of sp³-hybridized carbons (Fsp3) is 0.125. The lowest BCUT2D eigenvalue weighted by molar-refractivity contribution is 0.413. The van der Waals surface area contributed by atoms with Crippen LogP contribution < -0.4 is 15.8 Å². The number of pyridine rings is 1. The molecule has 2 unspecified atom stereocenters. The van der Waals surface area contributed by atoms with Crippen LogP contribution in [-0.4, -0.2) is 22.1 Å². The van der Waals surface area contributed by atoms with Crippen LogP contribution in [0.15, 0.2) is 79.5 Å². The second kappa shape index (κ2) is 7.74. The summed E-state index contributed by atoms with van der Waals surface area (Å²) in [6.07, 6.45) is 6.45. The maximum absolute atomic E-state index is 6.53. The van der Waals surface area contributed by atoms with Gasteiger partial charge in [0.05, 0.1) is 23.4 Å². The first-order valence-electron chi connectivity index (χ1n) is 9.82. The average molecular weight is 430 g/mol. The number of benzene rings is 2. The number of aromatic nitrogens is 3. The Bertz CT molecular complexity index is 1250. The smallest absolute Gasteiger partial charge is 0.137 e. The third-order valence-electron chi connectivity index (χ3n) is 5.68. The largest absolute Gasteiger partial charge is 0.495 e. The Morgan fingerprint density at radius 1 is 1.00 bits per heavy atom. The molecule has 4 aromatic rings. The SMILES string of the molecule is COc1ccc(C2(c3cccc(-c4cncnc4)c3)NC(N)c3ncccc32)cc1Cl. The summed E-state index contributed by atoms with van der Waals surface area (Å²) < 4.78 is 5.37. The van der Waals surface area contributed by atoms with Gasteiger partial charge in [0.1, 0.15) is 18.2 Å². The molecule has 0 saturated heterocycles. The predicted octanol–water partition coefficient (Wildman–Crippen LogP) is 4.05. The van der Waals surface area contributed by atoms with Crippen molar-refractivity contribution in [3.8, 4) is 16.9 Å². The van der Waals surface area contributed by atoms with Crippen LogP contribution in [0.2, 0.25) is 5.02 Å². The van der Waals surface area contributed by atoms with Gasteiger partial charge in [0.15, 0.2) is 0 Å². The quantitative estimate of drug-likeness (QED) is 0.509. The number of methoxy groups -OCH3 is 1. The number of nitrogens with zero attached hydrogens (tertiary/aromatic N) is 3. The molecule has 0 spiro atoms. The number of hydrogen-bond donors (Lipinski definition) is 2. The highest BCUT2D eigenvalue weighted by molar-refractivity contribution is 6.32. The molecule has 1 aliphatic heterocycles. The van der Waals surface area contributed by atoms with E-state index in [1.54, 1.807) is 25.7 Å². The Balaban J connectivity index is 1.77. The molecule has 2 atom stereocenters. The van der Waals surface area contributed by atoms with Crippen LogP contribution in [-0.2, 0) is 5.54 Å². The maximum Gasteiger partial charge on any atom is 0.137 e. The molecule has 7 heteroatoms. The number of nitrogens with one attached hydrogen (secondary N) is 1. The van der Waals surface area contributed by atoms with Gasteiger partial charge in [0.2, 0.25) is 0 Å². The van der Waals surface area contributed by atoms with Gasteiger partial charge in [0.25, 0.3) is 0 Å². The topological polar surface area (TPSA) is 86.0 Å². The second-order valence-corrected chi connectivity index (χ2v) is 7.77. The summed E-state index contributed by atoms with van der Waals surface area (Å²) in [5, 5.41) is 4.12. The highest BCUT2D eigenvalue weighted by Gasteiger charge is 2.46. The Hall–Kier alpha value is -3.32. The molecule has 0 saturated carbocycles. The van der Waals surface area contributed by atoms with E-state index in [4.69, 9.17) is 22.1 Å². The number of hydrogen-bond acceptors (Lipinski definition) is 6. The molecule has 0 fully saturated rings. The number of halogens is 1. The average Bonchev–Trinajstić information content (AvgIpc) is 3.13. The molecular weight excluding hydrogens is 410 g/mol. The van der Waals surface area contributed by atoms with Crippen LogP contribution in [0.3, 0.4) is 0 Å². The predicted molar refractivity (Wildman–Crippen MR) is 120 cm³/mol. The zero-order chi connectivity index (χ0) is 21.4. The third kappa shape index (κ3) is 3.16. The zero-order valence-electron chi connectivity index (χ0n) is 16.8.